The van der Waals surface area contributed by atoms with Crippen molar-refractivity contribution < 1.29 is 14.0 Å². The lowest BCUT2D eigenvalue weighted by atomic mass is 10.0. The highest BCUT2D eigenvalue weighted by Gasteiger charge is 2.60. The van der Waals surface area contributed by atoms with Gasteiger partial charge in [-0.25, -0.2) is 4.39 Å². The Balaban J connectivity index is 1.94. The Morgan fingerprint density at radius 2 is 1.83 bits per heavy atom. The average Bonchev–Trinajstić information content (AvgIpc) is 2.97. The minimum absolute atomic E-state index is 0.159. The van der Waals surface area contributed by atoms with Gasteiger partial charge in [0, 0.05) is 16.9 Å². The molecule has 0 radical (unpaired) electrons. The summed E-state index contributed by atoms with van der Waals surface area (Å²) in [7, 11) is 0. The molecule has 1 saturated heterocycles. The van der Waals surface area contributed by atoms with Gasteiger partial charge in [-0.05, 0) is 37.3 Å². The summed E-state index contributed by atoms with van der Waals surface area (Å²) in [6, 6.07) is 13.0. The van der Waals surface area contributed by atoms with Gasteiger partial charge in [-0.15, -0.1) is 11.8 Å². The van der Waals surface area contributed by atoms with Crippen LogP contribution in [0.5, 0.6) is 0 Å². The SMILES string of the molecule is CC1SC2(C(=O)Nc3ccccc32)N(c2ccc(F)cc2)C1=O. The van der Waals surface area contributed by atoms with Crippen LogP contribution in [0, 0.1) is 5.82 Å². The number of benzene rings is 2. The van der Waals surface area contributed by atoms with Crippen LogP contribution in [-0.4, -0.2) is 17.1 Å². The third kappa shape index (κ3) is 1.84. The molecule has 0 aromatic heterocycles. The second-order valence-electron chi connectivity index (χ2n) is 5.55. The first-order valence-corrected chi connectivity index (χ1v) is 8.10. The van der Waals surface area contributed by atoms with Gasteiger partial charge in [-0.2, -0.15) is 0 Å². The fraction of sp³-hybridized carbons (Fsp3) is 0.176. The molecule has 2 aromatic rings. The summed E-state index contributed by atoms with van der Waals surface area (Å²) in [5, 5.41) is 2.49. The van der Waals surface area contributed by atoms with E-state index in [4.69, 9.17) is 0 Å². The molecular weight excluding hydrogens is 315 g/mol. The quantitative estimate of drug-likeness (QED) is 0.875. The monoisotopic (exact) mass is 328 g/mol. The number of anilines is 2. The molecule has 2 unspecified atom stereocenters. The van der Waals surface area contributed by atoms with Gasteiger partial charge in [0.15, 0.2) is 0 Å². The van der Waals surface area contributed by atoms with E-state index in [1.165, 1.54) is 40.9 Å². The lowest BCUT2D eigenvalue weighted by Gasteiger charge is -2.32. The zero-order chi connectivity index (χ0) is 16.2. The van der Waals surface area contributed by atoms with Crippen molar-refractivity contribution in [3.05, 3.63) is 59.9 Å². The first-order valence-electron chi connectivity index (χ1n) is 7.22. The molecule has 1 N–H and O–H groups in total. The first-order chi connectivity index (χ1) is 11.0. The normalized spacial score (nSPS) is 25.8. The van der Waals surface area contributed by atoms with Gasteiger partial charge < -0.3 is 5.32 Å². The Morgan fingerprint density at radius 1 is 1.13 bits per heavy atom. The predicted octanol–water partition coefficient (Wildman–Crippen LogP) is 3.10. The number of hydrogen-bond acceptors (Lipinski definition) is 3. The Morgan fingerprint density at radius 3 is 2.57 bits per heavy atom. The van der Waals surface area contributed by atoms with E-state index in [0.29, 0.717) is 11.4 Å². The lowest BCUT2D eigenvalue weighted by molar-refractivity contribution is -0.122. The summed E-state index contributed by atoms with van der Waals surface area (Å²) in [5.74, 6) is -0.786. The van der Waals surface area contributed by atoms with E-state index in [2.05, 4.69) is 5.32 Å². The van der Waals surface area contributed by atoms with Gasteiger partial charge in [0.05, 0.1) is 5.25 Å². The summed E-state index contributed by atoms with van der Waals surface area (Å²) < 4.78 is 13.2. The molecule has 23 heavy (non-hydrogen) atoms. The molecule has 1 spiro atoms. The van der Waals surface area contributed by atoms with Crippen LogP contribution in [-0.2, 0) is 14.5 Å². The minimum atomic E-state index is -1.13. The second kappa shape index (κ2) is 4.83. The van der Waals surface area contributed by atoms with E-state index in [1.54, 1.807) is 6.92 Å². The highest BCUT2D eigenvalue weighted by Crippen LogP contribution is 2.55. The number of fused-ring (bicyclic) bond motifs is 2. The van der Waals surface area contributed by atoms with Crippen LogP contribution in [0.4, 0.5) is 15.8 Å². The number of thioether (sulfide) groups is 1. The molecule has 2 atom stereocenters. The lowest BCUT2D eigenvalue weighted by Crippen LogP contribution is -2.47. The molecule has 4 rings (SSSR count). The standard InChI is InChI=1S/C17H13FN2O2S/c1-10-15(21)20(12-8-6-11(18)7-9-12)17(23-10)13-4-2-3-5-14(13)19-16(17)22/h2-10H,1H3,(H,19,22). The molecule has 2 heterocycles. The van der Waals surface area contributed by atoms with Crippen molar-refractivity contribution in [1.29, 1.82) is 0 Å². The molecule has 2 aliphatic heterocycles. The van der Waals surface area contributed by atoms with Crippen LogP contribution in [0.3, 0.4) is 0 Å². The predicted molar refractivity (Wildman–Crippen MR) is 87.7 cm³/mol. The number of nitrogens with one attached hydrogen (secondary N) is 1. The number of carbonyl (C=O) groups excluding carboxylic acids is 2. The highest BCUT2D eigenvalue weighted by molar-refractivity contribution is 8.03. The number of para-hydroxylation sites is 1. The van der Waals surface area contributed by atoms with Crippen molar-refractivity contribution in [3.8, 4) is 0 Å². The van der Waals surface area contributed by atoms with Crippen molar-refractivity contribution >= 4 is 35.0 Å². The second-order valence-corrected chi connectivity index (χ2v) is 7.09. The highest BCUT2D eigenvalue weighted by atomic mass is 32.2. The molecular formula is C17H13FN2O2S. The maximum Gasteiger partial charge on any atom is 0.266 e. The molecule has 116 valence electrons. The van der Waals surface area contributed by atoms with Crippen molar-refractivity contribution in [1.82, 2.24) is 0 Å². The van der Waals surface area contributed by atoms with Gasteiger partial charge in [0.2, 0.25) is 10.8 Å². The zero-order valence-electron chi connectivity index (χ0n) is 12.2. The number of hydrogen-bond donors (Lipinski definition) is 1. The number of carbonyl (C=O) groups is 2. The largest absolute Gasteiger partial charge is 0.323 e. The third-order valence-corrected chi connectivity index (χ3v) is 5.65. The Hall–Kier alpha value is -2.34. The zero-order valence-corrected chi connectivity index (χ0v) is 13.1. The van der Waals surface area contributed by atoms with Gasteiger partial charge in [-0.3, -0.25) is 14.5 Å². The molecule has 0 bridgehead atoms. The Labute approximate surface area is 136 Å². The average molecular weight is 328 g/mol. The molecule has 4 nitrogen and oxygen atoms in total. The Kier molecular flexibility index (Phi) is 2.99. The first kappa shape index (κ1) is 14.3. The summed E-state index contributed by atoms with van der Waals surface area (Å²) in [6.45, 7) is 1.78. The van der Waals surface area contributed by atoms with Crippen LogP contribution in [0.15, 0.2) is 48.5 Å². The molecule has 1 fully saturated rings. The van der Waals surface area contributed by atoms with Crippen molar-refractivity contribution in [3.63, 3.8) is 0 Å². The van der Waals surface area contributed by atoms with E-state index in [9.17, 15) is 14.0 Å². The maximum atomic E-state index is 13.2. The van der Waals surface area contributed by atoms with Crippen LogP contribution in [0.2, 0.25) is 0 Å². The number of amides is 2. The molecule has 0 aliphatic carbocycles. The van der Waals surface area contributed by atoms with Gasteiger partial charge >= 0.3 is 0 Å². The topological polar surface area (TPSA) is 49.4 Å². The fourth-order valence-electron chi connectivity index (χ4n) is 3.15. The van der Waals surface area contributed by atoms with E-state index in [1.807, 2.05) is 24.3 Å². The number of rotatable bonds is 1. The van der Waals surface area contributed by atoms with Crippen LogP contribution in [0.1, 0.15) is 12.5 Å². The molecule has 2 amide bonds. The summed E-state index contributed by atoms with van der Waals surface area (Å²) in [6.07, 6.45) is 0. The van der Waals surface area contributed by atoms with Gasteiger partial charge in [0.1, 0.15) is 5.82 Å². The maximum absolute atomic E-state index is 13.2. The number of nitrogens with zero attached hydrogens (tertiary/aromatic N) is 1. The van der Waals surface area contributed by atoms with Gasteiger partial charge in [-0.1, -0.05) is 18.2 Å². The molecule has 2 aromatic carbocycles. The molecule has 6 heteroatoms. The molecule has 2 aliphatic rings. The van der Waals surface area contributed by atoms with Crippen LogP contribution >= 0.6 is 11.8 Å². The van der Waals surface area contributed by atoms with E-state index in [0.717, 1.165) is 5.56 Å². The van der Waals surface area contributed by atoms with Crippen LogP contribution in [0.25, 0.3) is 0 Å². The summed E-state index contributed by atoms with van der Waals surface area (Å²) >= 11 is 1.31. The van der Waals surface area contributed by atoms with Crippen molar-refractivity contribution in [2.75, 3.05) is 10.2 Å². The minimum Gasteiger partial charge on any atom is -0.323 e. The third-order valence-electron chi connectivity index (χ3n) is 4.16. The Bertz CT molecular complexity index is 824. The van der Waals surface area contributed by atoms with Crippen molar-refractivity contribution in [2.45, 2.75) is 17.0 Å². The van der Waals surface area contributed by atoms with E-state index >= 15 is 0 Å². The van der Waals surface area contributed by atoms with Crippen LogP contribution < -0.4 is 10.2 Å². The van der Waals surface area contributed by atoms with E-state index in [-0.39, 0.29) is 22.9 Å². The smallest absolute Gasteiger partial charge is 0.266 e. The number of halogens is 1. The summed E-state index contributed by atoms with van der Waals surface area (Å²) in [5.41, 5.74) is 1.98. The van der Waals surface area contributed by atoms with E-state index < -0.39 is 4.87 Å². The van der Waals surface area contributed by atoms with Gasteiger partial charge in [0.25, 0.3) is 5.91 Å². The van der Waals surface area contributed by atoms with Crippen molar-refractivity contribution in [2.24, 2.45) is 0 Å². The summed E-state index contributed by atoms with van der Waals surface area (Å²) in [4.78, 5) is 25.9. The fourth-order valence-corrected chi connectivity index (χ4v) is 4.63. The molecule has 0 saturated carbocycles.